The summed E-state index contributed by atoms with van der Waals surface area (Å²) in [5.74, 6) is 1.22. The Balaban J connectivity index is 1.38. The van der Waals surface area contributed by atoms with Crippen molar-refractivity contribution >= 4 is 0 Å². The van der Waals surface area contributed by atoms with Gasteiger partial charge >= 0.3 is 0 Å². The Bertz CT molecular complexity index is 737. The zero-order valence-electron chi connectivity index (χ0n) is 16.3. The Hall–Kier alpha value is -1.65. The number of nitrogens with zero attached hydrogens (tertiary/aromatic N) is 4. The van der Waals surface area contributed by atoms with E-state index in [1.807, 2.05) is 6.20 Å². The number of likely N-dealkylation sites (tertiary alicyclic amines) is 2. The second-order valence-electron chi connectivity index (χ2n) is 8.39. The Kier molecular flexibility index (Phi) is 5.14. The molecule has 0 radical (unpaired) electrons. The number of aryl methyl sites for hydroxylation is 2. The topological polar surface area (TPSA) is 24.3 Å². The van der Waals surface area contributed by atoms with E-state index in [0.717, 1.165) is 19.6 Å². The molecule has 4 heteroatoms. The van der Waals surface area contributed by atoms with E-state index in [0.29, 0.717) is 5.41 Å². The molecule has 26 heavy (non-hydrogen) atoms. The highest BCUT2D eigenvalue weighted by molar-refractivity contribution is 5.22. The van der Waals surface area contributed by atoms with Crippen molar-refractivity contribution in [2.45, 2.75) is 52.7 Å². The minimum atomic E-state index is 0.492. The number of imidazole rings is 1. The van der Waals surface area contributed by atoms with Crippen molar-refractivity contribution in [1.29, 1.82) is 0 Å². The molecule has 0 saturated carbocycles. The summed E-state index contributed by atoms with van der Waals surface area (Å²) in [7, 11) is 0. The minimum Gasteiger partial charge on any atom is -0.334 e. The van der Waals surface area contributed by atoms with Gasteiger partial charge in [0.15, 0.2) is 0 Å². The first-order chi connectivity index (χ1) is 12.7. The molecule has 0 amide bonds. The number of hydrogen-bond donors (Lipinski definition) is 0. The lowest BCUT2D eigenvalue weighted by Crippen LogP contribution is -2.44. The standard InChI is InChI=1S/C22H32N4/c1-3-26-13-10-23-21(26)16-25-12-9-22(18-25)8-5-11-24(17-22)15-20-7-4-6-19(2)14-20/h4,6-7,10,13-14H,3,5,8-9,11-12,15-18H2,1-2H3. The predicted octanol–water partition coefficient (Wildman–Crippen LogP) is 3.70. The molecule has 1 aromatic heterocycles. The average molecular weight is 353 g/mol. The fourth-order valence-corrected chi connectivity index (χ4v) is 4.99. The van der Waals surface area contributed by atoms with Crippen LogP contribution in [0, 0.1) is 12.3 Å². The largest absolute Gasteiger partial charge is 0.334 e. The molecule has 1 unspecified atom stereocenters. The van der Waals surface area contributed by atoms with E-state index < -0.39 is 0 Å². The summed E-state index contributed by atoms with van der Waals surface area (Å²) in [5, 5.41) is 0. The highest BCUT2D eigenvalue weighted by Crippen LogP contribution is 2.39. The third kappa shape index (κ3) is 3.86. The smallest absolute Gasteiger partial charge is 0.122 e. The first kappa shape index (κ1) is 17.7. The van der Waals surface area contributed by atoms with Gasteiger partial charge in [0.05, 0.1) is 6.54 Å². The van der Waals surface area contributed by atoms with Crippen LogP contribution >= 0.6 is 0 Å². The lowest BCUT2D eigenvalue weighted by Gasteiger charge is -2.40. The predicted molar refractivity (Wildman–Crippen MR) is 106 cm³/mol. The van der Waals surface area contributed by atoms with Gasteiger partial charge in [0.25, 0.3) is 0 Å². The van der Waals surface area contributed by atoms with Gasteiger partial charge in [-0.2, -0.15) is 0 Å². The molecule has 0 N–H and O–H groups in total. The van der Waals surface area contributed by atoms with Crippen LogP contribution < -0.4 is 0 Å². The van der Waals surface area contributed by atoms with E-state index in [1.54, 1.807) is 0 Å². The molecule has 0 bridgehead atoms. The van der Waals surface area contributed by atoms with Crippen LogP contribution in [0.5, 0.6) is 0 Å². The van der Waals surface area contributed by atoms with Crippen molar-refractivity contribution in [3.05, 3.63) is 53.6 Å². The van der Waals surface area contributed by atoms with E-state index in [9.17, 15) is 0 Å². The summed E-state index contributed by atoms with van der Waals surface area (Å²) in [6.45, 7) is 12.4. The quantitative estimate of drug-likeness (QED) is 0.820. The normalized spacial score (nSPS) is 24.5. The van der Waals surface area contributed by atoms with Crippen LogP contribution in [0.4, 0.5) is 0 Å². The molecule has 1 spiro atoms. The molecule has 4 nitrogen and oxygen atoms in total. The average Bonchev–Trinajstić information content (AvgIpc) is 3.22. The van der Waals surface area contributed by atoms with Gasteiger partial charge in [-0.05, 0) is 57.2 Å². The molecule has 1 atom stereocenters. The van der Waals surface area contributed by atoms with Gasteiger partial charge < -0.3 is 4.57 Å². The van der Waals surface area contributed by atoms with E-state index in [1.165, 1.54) is 62.4 Å². The molecule has 0 aliphatic carbocycles. The number of rotatable bonds is 5. The van der Waals surface area contributed by atoms with E-state index >= 15 is 0 Å². The van der Waals surface area contributed by atoms with Crippen LogP contribution in [0.15, 0.2) is 36.7 Å². The minimum absolute atomic E-state index is 0.492. The maximum atomic E-state index is 4.57. The molecular formula is C22H32N4. The van der Waals surface area contributed by atoms with Gasteiger partial charge in [-0.15, -0.1) is 0 Å². The van der Waals surface area contributed by atoms with Crippen molar-refractivity contribution in [3.63, 3.8) is 0 Å². The van der Waals surface area contributed by atoms with Crippen molar-refractivity contribution in [2.75, 3.05) is 26.2 Å². The summed E-state index contributed by atoms with van der Waals surface area (Å²) < 4.78 is 2.27. The number of hydrogen-bond acceptors (Lipinski definition) is 3. The maximum Gasteiger partial charge on any atom is 0.122 e. The summed E-state index contributed by atoms with van der Waals surface area (Å²) in [4.78, 5) is 9.89. The third-order valence-corrected chi connectivity index (χ3v) is 6.25. The van der Waals surface area contributed by atoms with Gasteiger partial charge in [0, 0.05) is 38.6 Å². The van der Waals surface area contributed by atoms with Gasteiger partial charge in [-0.1, -0.05) is 29.8 Å². The summed E-state index contributed by atoms with van der Waals surface area (Å²) in [6, 6.07) is 9.00. The first-order valence-corrected chi connectivity index (χ1v) is 10.2. The van der Waals surface area contributed by atoms with Crippen LogP contribution in [0.3, 0.4) is 0 Å². The Labute approximate surface area is 157 Å². The second kappa shape index (κ2) is 7.53. The van der Waals surface area contributed by atoms with Gasteiger partial charge in [0.2, 0.25) is 0 Å². The van der Waals surface area contributed by atoms with Gasteiger partial charge in [-0.25, -0.2) is 4.98 Å². The maximum absolute atomic E-state index is 4.57. The van der Waals surface area contributed by atoms with Crippen LogP contribution in [0.25, 0.3) is 0 Å². The van der Waals surface area contributed by atoms with Gasteiger partial charge in [0.1, 0.15) is 5.82 Å². The van der Waals surface area contributed by atoms with Crippen molar-refractivity contribution < 1.29 is 0 Å². The summed E-state index contributed by atoms with van der Waals surface area (Å²) >= 11 is 0. The molecule has 2 fully saturated rings. The highest BCUT2D eigenvalue weighted by Gasteiger charge is 2.41. The molecular weight excluding hydrogens is 320 g/mol. The lowest BCUT2D eigenvalue weighted by molar-refractivity contribution is 0.0862. The zero-order valence-corrected chi connectivity index (χ0v) is 16.3. The Morgan fingerprint density at radius 3 is 2.73 bits per heavy atom. The third-order valence-electron chi connectivity index (χ3n) is 6.25. The fourth-order valence-electron chi connectivity index (χ4n) is 4.99. The van der Waals surface area contributed by atoms with Crippen LogP contribution in [-0.2, 0) is 19.6 Å². The highest BCUT2D eigenvalue weighted by atomic mass is 15.2. The second-order valence-corrected chi connectivity index (χ2v) is 8.39. The molecule has 4 rings (SSSR count). The van der Waals surface area contributed by atoms with Crippen LogP contribution in [0.1, 0.15) is 43.1 Å². The number of piperidine rings is 1. The summed E-state index contributed by atoms with van der Waals surface area (Å²) in [6.07, 6.45) is 8.10. The zero-order chi connectivity index (χ0) is 18.0. The van der Waals surface area contributed by atoms with E-state index in [-0.39, 0.29) is 0 Å². The molecule has 2 aromatic rings. The van der Waals surface area contributed by atoms with Crippen molar-refractivity contribution in [1.82, 2.24) is 19.4 Å². The molecule has 2 aliphatic heterocycles. The number of aromatic nitrogens is 2. The van der Waals surface area contributed by atoms with Crippen molar-refractivity contribution in [3.8, 4) is 0 Å². The SMILES string of the molecule is CCn1ccnc1CN1CCC2(CCCN(Cc3cccc(C)c3)C2)C1. The lowest BCUT2D eigenvalue weighted by atomic mass is 9.79. The molecule has 1 aromatic carbocycles. The fraction of sp³-hybridized carbons (Fsp3) is 0.591. The molecule has 3 heterocycles. The molecule has 2 saturated heterocycles. The summed E-state index contributed by atoms with van der Waals surface area (Å²) in [5.41, 5.74) is 3.32. The van der Waals surface area contributed by atoms with Crippen molar-refractivity contribution in [2.24, 2.45) is 5.41 Å². The number of benzene rings is 1. The Morgan fingerprint density at radius 2 is 1.92 bits per heavy atom. The first-order valence-electron chi connectivity index (χ1n) is 10.2. The van der Waals surface area contributed by atoms with E-state index in [2.05, 4.69) is 63.7 Å². The molecule has 140 valence electrons. The monoisotopic (exact) mass is 352 g/mol. The Morgan fingerprint density at radius 1 is 1.08 bits per heavy atom. The van der Waals surface area contributed by atoms with Gasteiger partial charge in [-0.3, -0.25) is 9.80 Å². The van der Waals surface area contributed by atoms with Crippen LogP contribution in [0.2, 0.25) is 0 Å². The van der Waals surface area contributed by atoms with E-state index in [4.69, 9.17) is 0 Å². The van der Waals surface area contributed by atoms with Crippen LogP contribution in [-0.4, -0.2) is 45.5 Å². The molecule has 2 aliphatic rings.